The number of nitrogens with zero attached hydrogens (tertiary/aromatic N) is 5. The highest BCUT2D eigenvalue weighted by Crippen LogP contribution is 2.55. The van der Waals surface area contributed by atoms with Gasteiger partial charge in [-0.05, 0) is 70.5 Å². The number of aryl methyl sites for hydroxylation is 1. The first-order valence-corrected chi connectivity index (χ1v) is 12.6. The summed E-state index contributed by atoms with van der Waals surface area (Å²) in [6.07, 6.45) is 7.06. The van der Waals surface area contributed by atoms with Gasteiger partial charge in [0.15, 0.2) is 11.6 Å². The highest BCUT2D eigenvalue weighted by Gasteiger charge is 2.53. The van der Waals surface area contributed by atoms with Crippen LogP contribution >= 0.6 is 0 Å². The van der Waals surface area contributed by atoms with E-state index in [-0.39, 0.29) is 23.1 Å². The summed E-state index contributed by atoms with van der Waals surface area (Å²) in [6.45, 7) is 8.21. The van der Waals surface area contributed by atoms with Crippen molar-refractivity contribution in [3.63, 3.8) is 0 Å². The molecule has 1 fully saturated rings. The largest absolute Gasteiger partial charge is 0.491 e. The Morgan fingerprint density at radius 1 is 1.22 bits per heavy atom. The molecule has 8 heteroatoms. The van der Waals surface area contributed by atoms with Gasteiger partial charge in [-0.2, -0.15) is 0 Å². The van der Waals surface area contributed by atoms with Crippen molar-refractivity contribution in [1.29, 1.82) is 0 Å². The van der Waals surface area contributed by atoms with Crippen LogP contribution in [0.1, 0.15) is 71.3 Å². The number of hydrogen-bond donors (Lipinski definition) is 0. The first-order valence-electron chi connectivity index (χ1n) is 12.6. The average molecular weight is 492 g/mol. The quantitative estimate of drug-likeness (QED) is 0.465. The lowest BCUT2D eigenvalue weighted by atomic mass is 9.81. The van der Waals surface area contributed by atoms with E-state index < -0.39 is 5.82 Å². The van der Waals surface area contributed by atoms with Crippen molar-refractivity contribution in [1.82, 2.24) is 24.3 Å². The number of aromatic nitrogens is 3. The van der Waals surface area contributed by atoms with Crippen molar-refractivity contribution in [2.75, 3.05) is 27.2 Å². The number of benzene rings is 1. The van der Waals surface area contributed by atoms with Crippen LogP contribution in [0.4, 0.5) is 4.39 Å². The maximum Gasteiger partial charge on any atom is 0.254 e. The van der Waals surface area contributed by atoms with Crippen LogP contribution in [0.5, 0.6) is 5.75 Å². The molecule has 5 rings (SSSR count). The third kappa shape index (κ3) is 4.39. The third-order valence-corrected chi connectivity index (χ3v) is 7.43. The number of amides is 1. The van der Waals surface area contributed by atoms with E-state index in [9.17, 15) is 9.18 Å². The second-order valence-electron chi connectivity index (χ2n) is 10.4. The molecule has 3 heterocycles. The van der Waals surface area contributed by atoms with Gasteiger partial charge in [0.2, 0.25) is 0 Å². The molecule has 1 aliphatic heterocycles. The molecule has 1 spiro atoms. The molecule has 0 saturated heterocycles. The zero-order chi connectivity index (χ0) is 25.6. The molecular weight excluding hydrogens is 457 g/mol. The molecule has 7 nitrogen and oxygen atoms in total. The van der Waals surface area contributed by atoms with Crippen molar-refractivity contribution < 1.29 is 13.9 Å². The molecule has 0 radical (unpaired) electrons. The Balaban J connectivity index is 1.56. The Morgan fingerprint density at radius 2 is 2.00 bits per heavy atom. The average Bonchev–Trinajstić information content (AvgIpc) is 3.49. The second-order valence-corrected chi connectivity index (χ2v) is 10.4. The minimum atomic E-state index is -0.491. The zero-order valence-corrected chi connectivity index (χ0v) is 21.7. The van der Waals surface area contributed by atoms with Crippen molar-refractivity contribution in [2.45, 2.75) is 58.2 Å². The SMILES string of the molecule is CCOc1cc([C@H](C)N2CC3(CC3)c3c(CN(C)C)cc(Cn4ccnc4C)cc3C2=O)ncc1F. The molecule has 1 atom stereocenters. The summed E-state index contributed by atoms with van der Waals surface area (Å²) in [6, 6.07) is 5.65. The van der Waals surface area contributed by atoms with E-state index in [1.807, 2.05) is 31.9 Å². The molecule has 2 aromatic heterocycles. The number of halogens is 1. The van der Waals surface area contributed by atoms with Gasteiger partial charge < -0.3 is 19.1 Å². The minimum Gasteiger partial charge on any atom is -0.491 e. The van der Waals surface area contributed by atoms with Gasteiger partial charge in [0.05, 0.1) is 24.5 Å². The van der Waals surface area contributed by atoms with Crippen molar-refractivity contribution in [3.8, 4) is 5.75 Å². The van der Waals surface area contributed by atoms with Gasteiger partial charge in [0, 0.05) is 49.1 Å². The van der Waals surface area contributed by atoms with E-state index in [0.29, 0.717) is 25.4 Å². The predicted molar refractivity (Wildman–Crippen MR) is 136 cm³/mol. The van der Waals surface area contributed by atoms with Crippen LogP contribution in [0.3, 0.4) is 0 Å². The Kier molecular flexibility index (Phi) is 6.32. The molecule has 1 saturated carbocycles. The van der Waals surface area contributed by atoms with Crippen LogP contribution < -0.4 is 4.74 Å². The number of pyridine rings is 1. The van der Waals surface area contributed by atoms with Crippen LogP contribution in [0.2, 0.25) is 0 Å². The topological polar surface area (TPSA) is 63.5 Å². The lowest BCUT2D eigenvalue weighted by molar-refractivity contribution is 0.0633. The van der Waals surface area contributed by atoms with Gasteiger partial charge in [-0.15, -0.1) is 0 Å². The fraction of sp³-hybridized carbons (Fsp3) is 0.464. The fourth-order valence-electron chi connectivity index (χ4n) is 5.48. The van der Waals surface area contributed by atoms with Crippen molar-refractivity contribution in [2.24, 2.45) is 0 Å². The summed E-state index contributed by atoms with van der Waals surface area (Å²) in [5.41, 5.74) is 4.90. The number of carbonyl (C=O) groups is 1. The van der Waals surface area contributed by atoms with E-state index in [1.54, 1.807) is 12.3 Å². The third-order valence-electron chi connectivity index (χ3n) is 7.43. The summed E-state index contributed by atoms with van der Waals surface area (Å²) in [5, 5.41) is 0. The van der Waals surface area contributed by atoms with Gasteiger partial charge in [0.25, 0.3) is 5.91 Å². The molecule has 1 aromatic carbocycles. The summed E-state index contributed by atoms with van der Waals surface area (Å²) >= 11 is 0. The molecule has 0 N–H and O–H groups in total. The zero-order valence-electron chi connectivity index (χ0n) is 21.7. The van der Waals surface area contributed by atoms with Gasteiger partial charge in [-0.25, -0.2) is 9.37 Å². The van der Waals surface area contributed by atoms with E-state index in [0.717, 1.165) is 36.3 Å². The summed E-state index contributed by atoms with van der Waals surface area (Å²) < 4.78 is 21.7. The van der Waals surface area contributed by atoms with Crippen LogP contribution in [0, 0.1) is 12.7 Å². The Bertz CT molecular complexity index is 1300. The molecular formula is C28H34FN5O2. The number of imidazole rings is 1. The smallest absolute Gasteiger partial charge is 0.254 e. The Morgan fingerprint density at radius 3 is 2.64 bits per heavy atom. The maximum atomic E-state index is 14.2. The molecule has 0 unspecified atom stereocenters. The fourth-order valence-corrected chi connectivity index (χ4v) is 5.48. The molecule has 1 amide bonds. The number of ether oxygens (including phenoxy) is 1. The van der Waals surface area contributed by atoms with Crippen LogP contribution in [-0.4, -0.2) is 57.5 Å². The highest BCUT2D eigenvalue weighted by atomic mass is 19.1. The molecule has 2 aliphatic rings. The normalized spacial score (nSPS) is 17.0. The Labute approximate surface area is 211 Å². The summed E-state index contributed by atoms with van der Waals surface area (Å²) in [4.78, 5) is 26.8. The minimum absolute atomic E-state index is 0.00307. The highest BCUT2D eigenvalue weighted by molar-refractivity contribution is 5.98. The molecule has 0 bridgehead atoms. The van der Waals surface area contributed by atoms with E-state index in [4.69, 9.17) is 4.74 Å². The molecule has 36 heavy (non-hydrogen) atoms. The second kappa shape index (κ2) is 9.32. The number of rotatable bonds is 8. The van der Waals surface area contributed by atoms with Crippen molar-refractivity contribution >= 4 is 5.91 Å². The lowest BCUT2D eigenvalue weighted by Crippen LogP contribution is -2.45. The van der Waals surface area contributed by atoms with Gasteiger partial charge in [-0.1, -0.05) is 6.07 Å². The first kappa shape index (κ1) is 24.4. The number of fused-ring (bicyclic) bond motifs is 2. The monoisotopic (exact) mass is 491 g/mol. The molecule has 1 aliphatic carbocycles. The standard InChI is InChI=1S/C28H34FN5O2/c1-6-36-25-13-24(31-14-23(25)29)18(2)34-17-28(7-8-28)26-21(16-32(4)5)11-20(12-22(26)27(34)35)15-33-10-9-30-19(33)3/h9-14,18H,6-8,15-17H2,1-5H3/t18-/m0/s1. The van der Waals surface area contributed by atoms with E-state index in [1.165, 1.54) is 17.3 Å². The predicted octanol–water partition coefficient (Wildman–Crippen LogP) is 4.48. The van der Waals surface area contributed by atoms with Crippen molar-refractivity contribution in [3.05, 3.63) is 76.4 Å². The van der Waals surface area contributed by atoms with Crippen LogP contribution in [-0.2, 0) is 18.5 Å². The van der Waals surface area contributed by atoms with E-state index in [2.05, 4.69) is 45.7 Å². The molecule has 3 aromatic rings. The number of carbonyl (C=O) groups excluding carboxylic acids is 1. The van der Waals surface area contributed by atoms with Crippen LogP contribution in [0.15, 0.2) is 36.8 Å². The Hall–Kier alpha value is -3.26. The lowest BCUT2D eigenvalue weighted by Gasteiger charge is -2.40. The van der Waals surface area contributed by atoms with Gasteiger partial charge in [-0.3, -0.25) is 9.78 Å². The van der Waals surface area contributed by atoms with E-state index >= 15 is 0 Å². The molecule has 190 valence electrons. The summed E-state index contributed by atoms with van der Waals surface area (Å²) in [5.74, 6) is 0.624. The number of hydrogen-bond acceptors (Lipinski definition) is 5. The van der Waals surface area contributed by atoms with Gasteiger partial charge >= 0.3 is 0 Å². The maximum absolute atomic E-state index is 14.2. The first-order chi connectivity index (χ1) is 17.2. The van der Waals surface area contributed by atoms with Gasteiger partial charge in [0.1, 0.15) is 5.82 Å². The van der Waals surface area contributed by atoms with Crippen LogP contribution in [0.25, 0.3) is 0 Å². The summed E-state index contributed by atoms with van der Waals surface area (Å²) in [7, 11) is 4.13.